The van der Waals surface area contributed by atoms with Crippen molar-refractivity contribution < 1.29 is 4.39 Å². The number of hydrogen-bond acceptors (Lipinski definition) is 3. The Morgan fingerprint density at radius 1 is 1.50 bits per heavy atom. The van der Waals surface area contributed by atoms with E-state index in [1.165, 1.54) is 6.07 Å². The first-order valence-electron chi connectivity index (χ1n) is 5.63. The molecule has 1 heterocycles. The van der Waals surface area contributed by atoms with Gasteiger partial charge in [-0.25, -0.2) is 9.37 Å². The highest BCUT2D eigenvalue weighted by Gasteiger charge is 2.17. The van der Waals surface area contributed by atoms with Crippen molar-refractivity contribution in [3.05, 3.63) is 50.7 Å². The number of halogens is 2. The van der Waals surface area contributed by atoms with Crippen LogP contribution in [0.3, 0.4) is 0 Å². The third kappa shape index (κ3) is 2.88. The number of nitrogens with zero attached hydrogens (tertiary/aromatic N) is 1. The van der Waals surface area contributed by atoms with Gasteiger partial charge in [0.05, 0.1) is 11.2 Å². The van der Waals surface area contributed by atoms with Crippen molar-refractivity contribution in [2.45, 2.75) is 19.4 Å². The van der Waals surface area contributed by atoms with Crippen LogP contribution in [0.4, 0.5) is 4.39 Å². The smallest absolute Gasteiger partial charge is 0.126 e. The molecule has 0 saturated carbocycles. The molecule has 2 rings (SSSR count). The second-order valence-electron chi connectivity index (χ2n) is 4.08. The van der Waals surface area contributed by atoms with E-state index in [1.807, 2.05) is 19.5 Å². The van der Waals surface area contributed by atoms with Crippen molar-refractivity contribution in [2.75, 3.05) is 7.05 Å². The van der Waals surface area contributed by atoms with Crippen LogP contribution >= 0.6 is 22.9 Å². The van der Waals surface area contributed by atoms with Crippen LogP contribution in [0, 0.1) is 12.7 Å². The number of likely N-dealkylation sites (N-methyl/N-ethyl adjacent to an activating group) is 1. The van der Waals surface area contributed by atoms with Crippen molar-refractivity contribution in [1.29, 1.82) is 0 Å². The molecule has 0 aliphatic heterocycles. The molecule has 1 N–H and O–H groups in total. The summed E-state index contributed by atoms with van der Waals surface area (Å²) in [7, 11) is 1.87. The predicted octanol–water partition coefficient (Wildman–Crippen LogP) is 3.75. The van der Waals surface area contributed by atoms with Crippen LogP contribution in [0.25, 0.3) is 0 Å². The number of nitrogens with one attached hydrogen (secondary N) is 1. The van der Waals surface area contributed by atoms with Gasteiger partial charge in [-0.15, -0.1) is 11.3 Å². The predicted molar refractivity (Wildman–Crippen MR) is 73.8 cm³/mol. The summed E-state index contributed by atoms with van der Waals surface area (Å²) in [5.41, 5.74) is 3.42. The number of rotatable bonds is 4. The lowest BCUT2D eigenvalue weighted by atomic mass is 10.0. The summed E-state index contributed by atoms with van der Waals surface area (Å²) in [5.74, 6) is -0.221. The highest BCUT2D eigenvalue weighted by Crippen LogP contribution is 2.26. The summed E-state index contributed by atoms with van der Waals surface area (Å²) in [6.45, 7) is 1.96. The second kappa shape index (κ2) is 5.78. The lowest BCUT2D eigenvalue weighted by Crippen LogP contribution is -2.19. The Bertz CT molecular complexity index is 542. The van der Waals surface area contributed by atoms with Crippen LogP contribution in [0.1, 0.15) is 22.2 Å². The van der Waals surface area contributed by atoms with Crippen molar-refractivity contribution in [2.24, 2.45) is 0 Å². The van der Waals surface area contributed by atoms with Gasteiger partial charge in [-0.3, -0.25) is 0 Å². The molecule has 0 amide bonds. The van der Waals surface area contributed by atoms with Gasteiger partial charge in [-0.05, 0) is 44.2 Å². The first-order chi connectivity index (χ1) is 8.61. The number of hydrogen-bond donors (Lipinski definition) is 1. The fourth-order valence-corrected chi connectivity index (χ4v) is 3.00. The largest absolute Gasteiger partial charge is 0.312 e. The van der Waals surface area contributed by atoms with Gasteiger partial charge in [0, 0.05) is 15.9 Å². The second-order valence-corrected chi connectivity index (χ2v) is 5.41. The monoisotopic (exact) mass is 284 g/mol. The molecule has 1 atom stereocenters. The Kier molecular flexibility index (Phi) is 4.32. The van der Waals surface area contributed by atoms with E-state index < -0.39 is 0 Å². The first kappa shape index (κ1) is 13.5. The van der Waals surface area contributed by atoms with Crippen LogP contribution in [0.5, 0.6) is 0 Å². The van der Waals surface area contributed by atoms with Gasteiger partial charge in [0.15, 0.2) is 0 Å². The summed E-state index contributed by atoms with van der Waals surface area (Å²) in [5, 5.41) is 3.76. The molecule has 0 aliphatic carbocycles. The van der Waals surface area contributed by atoms with Crippen molar-refractivity contribution >= 4 is 22.9 Å². The minimum Gasteiger partial charge on any atom is -0.312 e. The zero-order chi connectivity index (χ0) is 13.1. The Morgan fingerprint density at radius 3 is 2.89 bits per heavy atom. The maximum Gasteiger partial charge on any atom is 0.126 e. The Labute approximate surface area is 115 Å². The molecule has 96 valence electrons. The zero-order valence-corrected chi connectivity index (χ0v) is 11.8. The molecular formula is C13H14ClFN2S. The van der Waals surface area contributed by atoms with E-state index in [2.05, 4.69) is 10.3 Å². The van der Waals surface area contributed by atoms with Gasteiger partial charge in [-0.2, -0.15) is 0 Å². The molecule has 0 spiro atoms. The topological polar surface area (TPSA) is 24.9 Å². The average Bonchev–Trinajstić information content (AvgIpc) is 2.77. The summed E-state index contributed by atoms with van der Waals surface area (Å²) in [4.78, 5) is 5.36. The summed E-state index contributed by atoms with van der Waals surface area (Å²) in [6.07, 6.45) is 0.561. The number of thiazole rings is 1. The minimum absolute atomic E-state index is 0.0606. The van der Waals surface area contributed by atoms with E-state index in [1.54, 1.807) is 23.5 Å². The molecule has 2 aromatic rings. The lowest BCUT2D eigenvalue weighted by molar-refractivity contribution is 0.557. The SMILES string of the molecule is CNC(Cc1cc(Cl)ccc1F)c1scnc1C. The molecule has 1 aromatic carbocycles. The van der Waals surface area contributed by atoms with Crippen LogP contribution in [0.2, 0.25) is 5.02 Å². The van der Waals surface area contributed by atoms with Crippen molar-refractivity contribution in [3.8, 4) is 0 Å². The Morgan fingerprint density at radius 2 is 2.28 bits per heavy atom. The number of aromatic nitrogens is 1. The fraction of sp³-hybridized carbons (Fsp3) is 0.308. The molecular weight excluding hydrogens is 271 g/mol. The van der Waals surface area contributed by atoms with Gasteiger partial charge in [0.25, 0.3) is 0 Å². The van der Waals surface area contributed by atoms with Gasteiger partial charge >= 0.3 is 0 Å². The van der Waals surface area contributed by atoms with E-state index in [-0.39, 0.29) is 11.9 Å². The summed E-state index contributed by atoms with van der Waals surface area (Å²) < 4.78 is 13.7. The van der Waals surface area contributed by atoms with Gasteiger partial charge < -0.3 is 5.32 Å². The average molecular weight is 285 g/mol. The minimum atomic E-state index is -0.221. The molecule has 0 aliphatic rings. The molecule has 1 unspecified atom stereocenters. The third-order valence-corrected chi connectivity index (χ3v) is 4.16. The molecule has 0 radical (unpaired) electrons. The summed E-state index contributed by atoms with van der Waals surface area (Å²) >= 11 is 7.49. The van der Waals surface area contributed by atoms with Crippen molar-refractivity contribution in [3.63, 3.8) is 0 Å². The van der Waals surface area contributed by atoms with E-state index in [9.17, 15) is 4.39 Å². The molecule has 0 bridgehead atoms. The summed E-state index contributed by atoms with van der Waals surface area (Å²) in [6, 6.07) is 4.71. The van der Waals surface area contributed by atoms with E-state index >= 15 is 0 Å². The lowest BCUT2D eigenvalue weighted by Gasteiger charge is -2.16. The fourth-order valence-electron chi connectivity index (χ4n) is 1.89. The van der Waals surface area contributed by atoms with E-state index in [0.29, 0.717) is 17.0 Å². The van der Waals surface area contributed by atoms with E-state index in [4.69, 9.17) is 11.6 Å². The first-order valence-corrected chi connectivity index (χ1v) is 6.88. The van der Waals surface area contributed by atoms with E-state index in [0.717, 1.165) is 10.6 Å². The highest BCUT2D eigenvalue weighted by molar-refractivity contribution is 7.09. The van der Waals surface area contributed by atoms with Gasteiger partial charge in [0.1, 0.15) is 5.82 Å². The zero-order valence-electron chi connectivity index (χ0n) is 10.2. The Hall–Kier alpha value is -0.970. The normalized spacial score (nSPS) is 12.7. The third-order valence-electron chi connectivity index (χ3n) is 2.88. The molecule has 2 nitrogen and oxygen atoms in total. The Balaban J connectivity index is 2.26. The van der Waals surface area contributed by atoms with Crippen molar-refractivity contribution in [1.82, 2.24) is 10.3 Å². The van der Waals surface area contributed by atoms with Crippen LogP contribution in [-0.4, -0.2) is 12.0 Å². The van der Waals surface area contributed by atoms with Crippen LogP contribution in [0.15, 0.2) is 23.7 Å². The molecule has 1 aromatic heterocycles. The number of aryl methyl sites for hydroxylation is 1. The highest BCUT2D eigenvalue weighted by atomic mass is 35.5. The standard InChI is InChI=1S/C13H14ClFN2S/c1-8-13(18-7-17-8)12(16-2)6-9-5-10(14)3-4-11(9)15/h3-5,7,12,16H,6H2,1-2H3. The molecule has 0 fully saturated rings. The molecule has 5 heteroatoms. The quantitative estimate of drug-likeness (QED) is 0.925. The molecule has 18 heavy (non-hydrogen) atoms. The van der Waals surface area contributed by atoms with Crippen LogP contribution < -0.4 is 5.32 Å². The molecule has 0 saturated heterocycles. The van der Waals surface area contributed by atoms with Crippen LogP contribution in [-0.2, 0) is 6.42 Å². The maximum atomic E-state index is 13.7. The van der Waals surface area contributed by atoms with Gasteiger partial charge in [0.2, 0.25) is 0 Å². The maximum absolute atomic E-state index is 13.7. The number of benzene rings is 1. The van der Waals surface area contributed by atoms with Gasteiger partial charge in [-0.1, -0.05) is 11.6 Å².